The summed E-state index contributed by atoms with van der Waals surface area (Å²) in [6.07, 6.45) is 0. The lowest BCUT2D eigenvalue weighted by molar-refractivity contribution is -0.0162. The Hall–Kier alpha value is -0.410. The third kappa shape index (κ3) is 3.49. The highest BCUT2D eigenvalue weighted by molar-refractivity contribution is 7.07. The summed E-state index contributed by atoms with van der Waals surface area (Å²) in [5.74, 6) is 0. The van der Waals surface area contributed by atoms with Crippen LogP contribution in [-0.4, -0.2) is 10.6 Å². The van der Waals surface area contributed by atoms with E-state index in [1.54, 1.807) is 11.3 Å². The molecule has 62 valence electrons. The molecule has 0 N–H and O–H groups in total. The summed E-state index contributed by atoms with van der Waals surface area (Å²) < 4.78 is 5.52. The lowest BCUT2D eigenvalue weighted by Crippen LogP contribution is -2.18. The molecule has 2 nitrogen and oxygen atoms in total. The van der Waals surface area contributed by atoms with Crippen LogP contribution in [0, 0.1) is 0 Å². The van der Waals surface area contributed by atoms with Crippen molar-refractivity contribution in [1.29, 1.82) is 0 Å². The second kappa shape index (κ2) is 3.32. The van der Waals surface area contributed by atoms with E-state index in [0.717, 1.165) is 5.69 Å². The maximum atomic E-state index is 5.52. The van der Waals surface area contributed by atoms with E-state index in [0.29, 0.717) is 6.61 Å². The number of nitrogens with zero attached hydrogens (tertiary/aromatic N) is 1. The Morgan fingerprint density at radius 1 is 1.55 bits per heavy atom. The van der Waals surface area contributed by atoms with Crippen LogP contribution in [0.15, 0.2) is 10.9 Å². The summed E-state index contributed by atoms with van der Waals surface area (Å²) in [6.45, 7) is 6.74. The Balaban J connectivity index is 2.35. The zero-order chi connectivity index (χ0) is 8.32. The van der Waals surface area contributed by atoms with E-state index in [1.807, 2.05) is 31.7 Å². The number of hydrogen-bond donors (Lipinski definition) is 0. The molecule has 0 unspecified atom stereocenters. The first-order chi connectivity index (χ1) is 5.08. The molecule has 0 aliphatic heterocycles. The molecule has 0 aromatic carbocycles. The van der Waals surface area contributed by atoms with Crippen LogP contribution in [0.3, 0.4) is 0 Å². The molecule has 1 aromatic rings. The van der Waals surface area contributed by atoms with E-state index < -0.39 is 0 Å². The fourth-order valence-electron chi connectivity index (χ4n) is 0.599. The Labute approximate surface area is 71.2 Å². The van der Waals surface area contributed by atoms with Crippen molar-refractivity contribution in [2.75, 3.05) is 0 Å². The van der Waals surface area contributed by atoms with E-state index >= 15 is 0 Å². The van der Waals surface area contributed by atoms with Gasteiger partial charge in [-0.3, -0.25) is 0 Å². The molecule has 0 atom stereocenters. The highest BCUT2D eigenvalue weighted by atomic mass is 32.1. The SMILES string of the molecule is CC(C)(C)OCc1cscn1. The van der Waals surface area contributed by atoms with Crippen molar-refractivity contribution in [3.63, 3.8) is 0 Å². The van der Waals surface area contributed by atoms with E-state index in [2.05, 4.69) is 4.98 Å². The van der Waals surface area contributed by atoms with Crippen LogP contribution in [0.2, 0.25) is 0 Å². The number of rotatable bonds is 2. The van der Waals surface area contributed by atoms with Crippen LogP contribution in [0.4, 0.5) is 0 Å². The van der Waals surface area contributed by atoms with E-state index in [9.17, 15) is 0 Å². The molecule has 0 bridgehead atoms. The predicted octanol–water partition coefficient (Wildman–Crippen LogP) is 2.46. The topological polar surface area (TPSA) is 22.1 Å². The molecular formula is C8H13NOS. The van der Waals surface area contributed by atoms with Crippen molar-refractivity contribution in [1.82, 2.24) is 4.98 Å². The van der Waals surface area contributed by atoms with Gasteiger partial charge < -0.3 is 4.74 Å². The van der Waals surface area contributed by atoms with E-state index in [1.165, 1.54) is 0 Å². The van der Waals surface area contributed by atoms with Crippen LogP contribution in [0.5, 0.6) is 0 Å². The molecule has 0 radical (unpaired) electrons. The fraction of sp³-hybridized carbons (Fsp3) is 0.625. The molecule has 1 rings (SSSR count). The molecule has 0 aliphatic rings. The first-order valence-electron chi connectivity index (χ1n) is 3.59. The number of hydrogen-bond acceptors (Lipinski definition) is 3. The van der Waals surface area contributed by atoms with Gasteiger partial charge in [0.25, 0.3) is 0 Å². The van der Waals surface area contributed by atoms with Crippen molar-refractivity contribution in [2.24, 2.45) is 0 Å². The summed E-state index contributed by atoms with van der Waals surface area (Å²) in [5, 5.41) is 2.01. The Morgan fingerprint density at radius 2 is 2.27 bits per heavy atom. The number of ether oxygens (including phenoxy) is 1. The van der Waals surface area contributed by atoms with Gasteiger partial charge in [0.05, 0.1) is 23.4 Å². The van der Waals surface area contributed by atoms with Gasteiger partial charge in [0.15, 0.2) is 0 Å². The minimum absolute atomic E-state index is 0.0659. The van der Waals surface area contributed by atoms with Crippen LogP contribution in [-0.2, 0) is 11.3 Å². The van der Waals surface area contributed by atoms with E-state index in [4.69, 9.17) is 4.74 Å². The summed E-state index contributed by atoms with van der Waals surface area (Å²) in [6, 6.07) is 0. The van der Waals surface area contributed by atoms with E-state index in [-0.39, 0.29) is 5.60 Å². The van der Waals surface area contributed by atoms with Gasteiger partial charge in [-0.2, -0.15) is 0 Å². The zero-order valence-corrected chi connectivity index (χ0v) is 7.94. The minimum atomic E-state index is -0.0659. The maximum Gasteiger partial charge on any atom is 0.0903 e. The molecule has 1 heterocycles. The standard InChI is InChI=1S/C8H13NOS/c1-8(2,3)10-4-7-5-11-6-9-7/h5-6H,4H2,1-3H3. The average molecular weight is 171 g/mol. The van der Waals surface area contributed by atoms with Crippen molar-refractivity contribution in [2.45, 2.75) is 33.0 Å². The van der Waals surface area contributed by atoms with Gasteiger partial charge in [0, 0.05) is 5.38 Å². The van der Waals surface area contributed by atoms with Crippen LogP contribution in [0.25, 0.3) is 0 Å². The quantitative estimate of drug-likeness (QED) is 0.682. The lowest BCUT2D eigenvalue weighted by atomic mass is 10.2. The smallest absolute Gasteiger partial charge is 0.0903 e. The fourth-order valence-corrected chi connectivity index (χ4v) is 1.14. The van der Waals surface area contributed by atoms with Gasteiger partial charge in [0.2, 0.25) is 0 Å². The first-order valence-corrected chi connectivity index (χ1v) is 4.53. The minimum Gasteiger partial charge on any atom is -0.370 e. The molecule has 0 spiro atoms. The van der Waals surface area contributed by atoms with Gasteiger partial charge >= 0.3 is 0 Å². The molecule has 11 heavy (non-hydrogen) atoms. The van der Waals surface area contributed by atoms with Crippen molar-refractivity contribution < 1.29 is 4.74 Å². The van der Waals surface area contributed by atoms with Gasteiger partial charge in [-0.15, -0.1) is 11.3 Å². The zero-order valence-electron chi connectivity index (χ0n) is 7.13. The maximum absolute atomic E-state index is 5.52. The molecule has 0 saturated heterocycles. The number of aromatic nitrogens is 1. The van der Waals surface area contributed by atoms with Gasteiger partial charge in [0.1, 0.15) is 0 Å². The third-order valence-corrected chi connectivity index (χ3v) is 1.77. The summed E-state index contributed by atoms with van der Waals surface area (Å²) >= 11 is 1.60. The monoisotopic (exact) mass is 171 g/mol. The van der Waals surface area contributed by atoms with Crippen LogP contribution >= 0.6 is 11.3 Å². The molecule has 1 aromatic heterocycles. The van der Waals surface area contributed by atoms with Crippen molar-refractivity contribution >= 4 is 11.3 Å². The Morgan fingerprint density at radius 3 is 2.73 bits per heavy atom. The second-order valence-electron chi connectivity index (χ2n) is 3.38. The molecular weight excluding hydrogens is 158 g/mol. The molecule has 0 saturated carbocycles. The average Bonchev–Trinajstić information content (AvgIpc) is 2.32. The third-order valence-electron chi connectivity index (χ3n) is 1.14. The van der Waals surface area contributed by atoms with Gasteiger partial charge in [-0.05, 0) is 20.8 Å². The van der Waals surface area contributed by atoms with Gasteiger partial charge in [-0.25, -0.2) is 4.98 Å². The summed E-state index contributed by atoms with van der Waals surface area (Å²) in [4.78, 5) is 4.11. The van der Waals surface area contributed by atoms with Crippen molar-refractivity contribution in [3.8, 4) is 0 Å². The summed E-state index contributed by atoms with van der Waals surface area (Å²) in [5.41, 5.74) is 2.77. The number of thiazole rings is 1. The highest BCUT2D eigenvalue weighted by Crippen LogP contribution is 2.11. The Kier molecular flexibility index (Phi) is 2.62. The molecule has 0 amide bonds. The second-order valence-corrected chi connectivity index (χ2v) is 4.10. The first kappa shape index (κ1) is 8.68. The highest BCUT2D eigenvalue weighted by Gasteiger charge is 2.10. The molecule has 0 aliphatic carbocycles. The van der Waals surface area contributed by atoms with Crippen LogP contribution < -0.4 is 0 Å². The molecule has 3 heteroatoms. The largest absolute Gasteiger partial charge is 0.370 e. The predicted molar refractivity (Wildman–Crippen MR) is 46.7 cm³/mol. The lowest BCUT2D eigenvalue weighted by Gasteiger charge is -2.18. The Bertz CT molecular complexity index is 200. The van der Waals surface area contributed by atoms with Crippen molar-refractivity contribution in [3.05, 3.63) is 16.6 Å². The van der Waals surface area contributed by atoms with Gasteiger partial charge in [-0.1, -0.05) is 0 Å². The van der Waals surface area contributed by atoms with Crippen LogP contribution in [0.1, 0.15) is 26.5 Å². The summed E-state index contributed by atoms with van der Waals surface area (Å²) in [7, 11) is 0. The molecule has 0 fully saturated rings. The normalized spacial score (nSPS) is 11.9.